The fourth-order valence-electron chi connectivity index (χ4n) is 2.55. The third kappa shape index (κ3) is 4.87. The second-order valence-corrected chi connectivity index (χ2v) is 9.93. The molecule has 2 aromatic carbocycles. The number of halogens is 1. The van der Waals surface area contributed by atoms with Gasteiger partial charge >= 0.3 is 0 Å². The van der Waals surface area contributed by atoms with Gasteiger partial charge in [-0.15, -0.1) is 11.3 Å². The van der Waals surface area contributed by atoms with Crippen LogP contribution in [0.3, 0.4) is 0 Å². The summed E-state index contributed by atoms with van der Waals surface area (Å²) in [6, 6.07) is 10.8. The van der Waals surface area contributed by atoms with Gasteiger partial charge in [-0.25, -0.2) is 22.1 Å². The van der Waals surface area contributed by atoms with Crippen molar-refractivity contribution in [1.82, 2.24) is 9.29 Å². The van der Waals surface area contributed by atoms with Crippen LogP contribution in [0.1, 0.15) is 26.4 Å². The minimum absolute atomic E-state index is 0.112. The van der Waals surface area contributed by atoms with Crippen LogP contribution in [0.4, 0.5) is 9.52 Å². The van der Waals surface area contributed by atoms with E-state index < -0.39 is 10.0 Å². The van der Waals surface area contributed by atoms with Gasteiger partial charge in [-0.2, -0.15) is 0 Å². The van der Waals surface area contributed by atoms with Gasteiger partial charge < -0.3 is 0 Å². The second-order valence-electron chi connectivity index (χ2n) is 6.66. The fourth-order valence-corrected chi connectivity index (χ4v) is 4.30. The third-order valence-corrected chi connectivity index (χ3v) is 7.03. The van der Waals surface area contributed by atoms with E-state index in [0.29, 0.717) is 22.7 Å². The lowest BCUT2D eigenvalue weighted by atomic mass is 10.1. The number of thiazole rings is 1. The Morgan fingerprint density at radius 1 is 1.17 bits per heavy atom. The van der Waals surface area contributed by atoms with E-state index in [2.05, 4.69) is 10.3 Å². The van der Waals surface area contributed by atoms with E-state index in [1.165, 1.54) is 55.8 Å². The lowest BCUT2D eigenvalue weighted by molar-refractivity contribution is 0.102. The monoisotopic (exact) mass is 433 g/mol. The van der Waals surface area contributed by atoms with Crippen LogP contribution in [0.15, 0.2) is 53.6 Å². The number of nitrogens with zero attached hydrogens (tertiary/aromatic N) is 2. The normalized spacial score (nSPS) is 11.6. The molecule has 0 bridgehead atoms. The fraction of sp³-hybridized carbons (Fsp3) is 0.200. The van der Waals surface area contributed by atoms with Crippen LogP contribution >= 0.6 is 11.3 Å². The van der Waals surface area contributed by atoms with Crippen molar-refractivity contribution in [3.63, 3.8) is 0 Å². The van der Waals surface area contributed by atoms with Crippen LogP contribution in [-0.2, 0) is 16.4 Å². The first-order valence-electron chi connectivity index (χ1n) is 8.70. The summed E-state index contributed by atoms with van der Waals surface area (Å²) in [5, 5.41) is 3.12. The van der Waals surface area contributed by atoms with Crippen molar-refractivity contribution in [2.45, 2.75) is 18.2 Å². The molecule has 1 aromatic heterocycles. The molecule has 0 saturated heterocycles. The topological polar surface area (TPSA) is 79.4 Å². The van der Waals surface area contributed by atoms with Crippen molar-refractivity contribution >= 4 is 32.4 Å². The Labute approximate surface area is 173 Å². The number of hydrogen-bond donors (Lipinski definition) is 1. The van der Waals surface area contributed by atoms with Crippen molar-refractivity contribution in [2.24, 2.45) is 0 Å². The minimum atomic E-state index is -3.55. The van der Waals surface area contributed by atoms with Crippen LogP contribution < -0.4 is 5.32 Å². The SMILES string of the molecule is Cc1ccc(Cc2cnc(NC(=O)c3ccc(S(=O)(=O)N(C)C)cc3)s2)cc1F. The van der Waals surface area contributed by atoms with E-state index in [9.17, 15) is 17.6 Å². The molecule has 0 saturated carbocycles. The van der Waals surface area contributed by atoms with Gasteiger partial charge in [0.15, 0.2) is 5.13 Å². The number of aromatic nitrogens is 1. The number of nitrogens with one attached hydrogen (secondary N) is 1. The highest BCUT2D eigenvalue weighted by molar-refractivity contribution is 7.89. The summed E-state index contributed by atoms with van der Waals surface area (Å²) in [5.74, 6) is -0.638. The molecule has 0 aliphatic rings. The van der Waals surface area contributed by atoms with Crippen molar-refractivity contribution in [3.05, 3.63) is 76.0 Å². The smallest absolute Gasteiger partial charge is 0.257 e. The number of aryl methyl sites for hydroxylation is 1. The van der Waals surface area contributed by atoms with Gasteiger partial charge in [-0.3, -0.25) is 10.1 Å². The number of amides is 1. The van der Waals surface area contributed by atoms with Gasteiger partial charge in [-0.1, -0.05) is 12.1 Å². The van der Waals surface area contributed by atoms with Crippen molar-refractivity contribution < 1.29 is 17.6 Å². The molecule has 9 heteroatoms. The molecule has 0 radical (unpaired) electrons. The quantitative estimate of drug-likeness (QED) is 0.643. The zero-order valence-corrected chi connectivity index (χ0v) is 17.8. The first-order chi connectivity index (χ1) is 13.7. The van der Waals surface area contributed by atoms with Crippen molar-refractivity contribution in [1.29, 1.82) is 0 Å². The number of sulfonamides is 1. The molecule has 29 heavy (non-hydrogen) atoms. The molecule has 0 atom stereocenters. The Kier molecular flexibility index (Phi) is 6.11. The average molecular weight is 434 g/mol. The Morgan fingerprint density at radius 3 is 2.48 bits per heavy atom. The molecule has 6 nitrogen and oxygen atoms in total. The summed E-state index contributed by atoms with van der Waals surface area (Å²) in [7, 11) is -0.655. The number of rotatable bonds is 6. The van der Waals surface area contributed by atoms with Crippen molar-refractivity contribution in [3.8, 4) is 0 Å². The predicted octanol–water partition coefficient (Wildman–Crippen LogP) is 3.68. The number of hydrogen-bond acceptors (Lipinski definition) is 5. The van der Waals surface area contributed by atoms with Gasteiger partial charge in [-0.05, 0) is 48.4 Å². The third-order valence-electron chi connectivity index (χ3n) is 4.28. The van der Waals surface area contributed by atoms with Crippen LogP contribution in [0, 0.1) is 12.7 Å². The van der Waals surface area contributed by atoms with Gasteiger partial charge in [0, 0.05) is 37.2 Å². The summed E-state index contributed by atoms with van der Waals surface area (Å²) >= 11 is 1.30. The van der Waals surface area contributed by atoms with Gasteiger partial charge in [0.2, 0.25) is 10.0 Å². The number of anilines is 1. The highest BCUT2D eigenvalue weighted by Crippen LogP contribution is 2.23. The van der Waals surface area contributed by atoms with Crippen LogP contribution in [-0.4, -0.2) is 37.7 Å². The first-order valence-corrected chi connectivity index (χ1v) is 11.0. The zero-order valence-electron chi connectivity index (χ0n) is 16.1. The molecular weight excluding hydrogens is 413 g/mol. The highest BCUT2D eigenvalue weighted by Gasteiger charge is 2.18. The van der Waals surface area contributed by atoms with E-state index in [1.807, 2.05) is 6.07 Å². The molecular formula is C20H20FN3O3S2. The molecule has 3 rings (SSSR count). The predicted molar refractivity (Wildman–Crippen MR) is 111 cm³/mol. The lowest BCUT2D eigenvalue weighted by Gasteiger charge is -2.11. The maximum Gasteiger partial charge on any atom is 0.257 e. The van der Waals surface area contributed by atoms with Crippen LogP contribution in [0.25, 0.3) is 0 Å². The zero-order chi connectivity index (χ0) is 21.2. The van der Waals surface area contributed by atoms with E-state index >= 15 is 0 Å². The Hall–Kier alpha value is -2.62. The van der Waals surface area contributed by atoms with E-state index in [4.69, 9.17) is 0 Å². The molecule has 0 aliphatic carbocycles. The average Bonchev–Trinajstić information content (AvgIpc) is 3.11. The molecule has 1 N–H and O–H groups in total. The maximum absolute atomic E-state index is 13.7. The number of carbonyl (C=O) groups is 1. The summed E-state index contributed by atoms with van der Waals surface area (Å²) < 4.78 is 39.0. The Morgan fingerprint density at radius 2 is 1.86 bits per heavy atom. The van der Waals surface area contributed by atoms with Crippen LogP contribution in [0.5, 0.6) is 0 Å². The van der Waals surface area contributed by atoms with Crippen molar-refractivity contribution in [2.75, 3.05) is 19.4 Å². The molecule has 0 aliphatic heterocycles. The summed E-state index contributed by atoms with van der Waals surface area (Å²) in [4.78, 5) is 17.6. The highest BCUT2D eigenvalue weighted by atomic mass is 32.2. The molecule has 0 unspecified atom stereocenters. The Bertz CT molecular complexity index is 1140. The molecule has 1 heterocycles. The molecule has 152 valence electrons. The van der Waals surface area contributed by atoms with E-state index in [0.717, 1.165) is 14.7 Å². The largest absolute Gasteiger partial charge is 0.298 e. The lowest BCUT2D eigenvalue weighted by Crippen LogP contribution is -2.22. The van der Waals surface area contributed by atoms with Gasteiger partial charge in [0.05, 0.1) is 4.90 Å². The van der Waals surface area contributed by atoms with E-state index in [-0.39, 0.29) is 16.6 Å². The standard InChI is InChI=1S/C20H20FN3O3S2/c1-13-4-5-14(11-18(13)21)10-16-12-22-20(28-16)23-19(25)15-6-8-17(9-7-15)29(26,27)24(2)3/h4-9,11-12H,10H2,1-3H3,(H,22,23,25). The first kappa shape index (κ1) is 21.1. The van der Waals surface area contributed by atoms with E-state index in [1.54, 1.807) is 19.2 Å². The Balaban J connectivity index is 1.68. The molecule has 3 aromatic rings. The van der Waals surface area contributed by atoms with Crippen LogP contribution in [0.2, 0.25) is 0 Å². The van der Waals surface area contributed by atoms with Gasteiger partial charge in [0.25, 0.3) is 5.91 Å². The number of carbonyl (C=O) groups excluding carboxylic acids is 1. The van der Waals surface area contributed by atoms with Gasteiger partial charge in [0.1, 0.15) is 5.82 Å². The summed E-state index contributed by atoms with van der Waals surface area (Å²) in [6.07, 6.45) is 2.16. The maximum atomic E-state index is 13.7. The minimum Gasteiger partial charge on any atom is -0.298 e. The number of benzene rings is 2. The summed E-state index contributed by atoms with van der Waals surface area (Å²) in [6.45, 7) is 1.71. The molecule has 0 spiro atoms. The summed E-state index contributed by atoms with van der Waals surface area (Å²) in [5.41, 5.74) is 1.74. The second kappa shape index (κ2) is 8.40. The molecule has 0 fully saturated rings. The molecule has 1 amide bonds.